The van der Waals surface area contributed by atoms with E-state index in [9.17, 15) is 24.3 Å². The monoisotopic (exact) mass is 472 g/mol. The zero-order valence-electron chi connectivity index (χ0n) is 18.0. The molecular weight excluding hydrogens is 452 g/mol. The minimum absolute atomic E-state index is 0.0478. The van der Waals surface area contributed by atoms with Crippen molar-refractivity contribution in [2.45, 2.75) is 26.1 Å². The highest BCUT2D eigenvalue weighted by molar-refractivity contribution is 5.85. The number of ether oxygens (including phenoxy) is 3. The second-order valence-electron chi connectivity index (χ2n) is 7.18. The highest BCUT2D eigenvalue weighted by atomic mass is 16.6. The van der Waals surface area contributed by atoms with E-state index >= 15 is 0 Å². The SMILES string of the molecule is C[C@H](Oc1cc2occ(-c3ccc(OCC(=O)O)cc3)c(=O)c2cc1O[C@@H](C)C(=O)O)C(=O)O. The number of hydrogen-bond acceptors (Lipinski definition) is 8. The van der Waals surface area contributed by atoms with Crippen LogP contribution in [-0.2, 0) is 14.4 Å². The van der Waals surface area contributed by atoms with Gasteiger partial charge in [-0.05, 0) is 37.6 Å². The molecule has 0 bridgehead atoms. The minimum Gasteiger partial charge on any atom is -0.482 e. The standard InChI is InChI=1S/C23H20O11/c1-11(22(27)28)33-18-7-15-17(8-19(18)34-12(2)23(29)30)32-9-16(21(15)26)13-3-5-14(6-4-13)31-10-20(24)25/h3-9,11-12H,10H2,1-2H3,(H,24,25)(H,27,28)(H,29,30)/t11-,12-/m0/s1. The smallest absolute Gasteiger partial charge is 0.344 e. The Balaban J connectivity index is 2.05. The normalized spacial score (nSPS) is 12.5. The predicted octanol–water partition coefficient (Wildman–Crippen LogP) is 2.63. The summed E-state index contributed by atoms with van der Waals surface area (Å²) < 4.78 is 21.4. The van der Waals surface area contributed by atoms with Gasteiger partial charge in [0.25, 0.3) is 0 Å². The molecule has 11 nitrogen and oxygen atoms in total. The second kappa shape index (κ2) is 9.94. The van der Waals surface area contributed by atoms with Gasteiger partial charge in [-0.25, -0.2) is 14.4 Å². The van der Waals surface area contributed by atoms with Crippen LogP contribution in [-0.4, -0.2) is 52.0 Å². The van der Waals surface area contributed by atoms with Crippen LogP contribution in [0.25, 0.3) is 22.1 Å². The number of rotatable bonds is 10. The van der Waals surface area contributed by atoms with Crippen LogP contribution < -0.4 is 19.6 Å². The summed E-state index contributed by atoms with van der Waals surface area (Å²) in [4.78, 5) is 46.2. The number of carboxylic acid groups (broad SMARTS) is 3. The average molecular weight is 472 g/mol. The minimum atomic E-state index is -1.31. The molecule has 11 heteroatoms. The van der Waals surface area contributed by atoms with Crippen LogP contribution in [0.4, 0.5) is 0 Å². The molecular formula is C23H20O11. The van der Waals surface area contributed by atoms with Gasteiger partial charge >= 0.3 is 17.9 Å². The Morgan fingerprint density at radius 1 is 0.912 bits per heavy atom. The van der Waals surface area contributed by atoms with Gasteiger partial charge in [-0.1, -0.05) is 12.1 Å². The number of benzene rings is 2. The van der Waals surface area contributed by atoms with Gasteiger partial charge in [-0.15, -0.1) is 0 Å². The summed E-state index contributed by atoms with van der Waals surface area (Å²) in [6.45, 7) is 2.03. The van der Waals surface area contributed by atoms with Crippen LogP contribution >= 0.6 is 0 Å². The van der Waals surface area contributed by atoms with Crippen molar-refractivity contribution >= 4 is 28.9 Å². The summed E-state index contributed by atoms with van der Waals surface area (Å²) in [6, 6.07) is 8.58. The molecule has 0 saturated heterocycles. The highest BCUT2D eigenvalue weighted by Crippen LogP contribution is 2.34. The molecule has 2 aromatic carbocycles. The third kappa shape index (κ3) is 5.44. The van der Waals surface area contributed by atoms with E-state index in [1.807, 2.05) is 0 Å². The quantitative estimate of drug-likeness (QED) is 0.396. The number of aliphatic carboxylic acids is 3. The van der Waals surface area contributed by atoms with Crippen molar-refractivity contribution in [3.05, 3.63) is 52.9 Å². The van der Waals surface area contributed by atoms with E-state index in [0.29, 0.717) is 11.3 Å². The van der Waals surface area contributed by atoms with Crippen LogP contribution in [0.5, 0.6) is 17.2 Å². The lowest BCUT2D eigenvalue weighted by atomic mass is 10.1. The summed E-state index contributed by atoms with van der Waals surface area (Å²) >= 11 is 0. The Bertz CT molecular complexity index is 1290. The maximum absolute atomic E-state index is 13.2. The summed E-state index contributed by atoms with van der Waals surface area (Å²) in [5.41, 5.74) is 0.228. The third-order valence-electron chi connectivity index (χ3n) is 4.67. The van der Waals surface area contributed by atoms with Crippen molar-refractivity contribution in [1.29, 1.82) is 0 Å². The maximum Gasteiger partial charge on any atom is 0.344 e. The summed E-state index contributed by atoms with van der Waals surface area (Å²) in [5.74, 6) is -3.61. The Kier molecular flexibility index (Phi) is 7.05. The van der Waals surface area contributed by atoms with Crippen LogP contribution in [0.15, 0.2) is 51.9 Å². The van der Waals surface area contributed by atoms with E-state index < -0.39 is 42.2 Å². The molecule has 0 spiro atoms. The van der Waals surface area contributed by atoms with Gasteiger partial charge in [-0.3, -0.25) is 4.79 Å². The van der Waals surface area contributed by atoms with Crippen LogP contribution in [0.2, 0.25) is 0 Å². The highest BCUT2D eigenvalue weighted by Gasteiger charge is 2.22. The van der Waals surface area contributed by atoms with Gasteiger partial charge in [0.05, 0.1) is 10.9 Å². The first-order valence-electron chi connectivity index (χ1n) is 9.90. The molecule has 0 unspecified atom stereocenters. The summed E-state index contributed by atoms with van der Waals surface area (Å²) in [6.07, 6.45) is -1.39. The molecule has 0 radical (unpaired) electrons. The fourth-order valence-electron chi connectivity index (χ4n) is 2.88. The van der Waals surface area contributed by atoms with Gasteiger partial charge in [0.2, 0.25) is 5.43 Å². The predicted molar refractivity (Wildman–Crippen MR) is 117 cm³/mol. The fourth-order valence-corrected chi connectivity index (χ4v) is 2.88. The van der Waals surface area contributed by atoms with Gasteiger partial charge < -0.3 is 33.9 Å². The first kappa shape index (κ1) is 24.1. The number of carbonyl (C=O) groups is 3. The van der Waals surface area contributed by atoms with E-state index in [2.05, 4.69) is 0 Å². The average Bonchev–Trinajstić information content (AvgIpc) is 2.79. The number of carboxylic acids is 3. The summed E-state index contributed by atoms with van der Waals surface area (Å²) in [5, 5.41) is 27.0. The molecule has 1 aromatic heterocycles. The zero-order valence-corrected chi connectivity index (χ0v) is 18.0. The first-order chi connectivity index (χ1) is 16.1. The molecule has 0 saturated carbocycles. The Hall–Kier alpha value is -4.54. The van der Waals surface area contributed by atoms with Crippen LogP contribution in [0, 0.1) is 0 Å². The molecule has 3 N–H and O–H groups in total. The van der Waals surface area contributed by atoms with Gasteiger partial charge in [0, 0.05) is 6.07 Å². The molecule has 0 aliphatic carbocycles. The molecule has 2 atom stereocenters. The van der Waals surface area contributed by atoms with E-state index in [4.69, 9.17) is 28.8 Å². The van der Waals surface area contributed by atoms with E-state index in [1.165, 1.54) is 44.4 Å². The lowest BCUT2D eigenvalue weighted by Crippen LogP contribution is -2.25. The van der Waals surface area contributed by atoms with Crippen LogP contribution in [0.3, 0.4) is 0 Å². The zero-order chi connectivity index (χ0) is 25.0. The molecule has 0 amide bonds. The largest absolute Gasteiger partial charge is 0.482 e. The Morgan fingerprint density at radius 3 is 2.00 bits per heavy atom. The topological polar surface area (TPSA) is 170 Å². The summed E-state index contributed by atoms with van der Waals surface area (Å²) in [7, 11) is 0. The second-order valence-corrected chi connectivity index (χ2v) is 7.18. The van der Waals surface area contributed by atoms with E-state index in [0.717, 1.165) is 0 Å². The molecule has 0 aliphatic rings. The van der Waals surface area contributed by atoms with E-state index in [1.54, 1.807) is 12.1 Å². The lowest BCUT2D eigenvalue weighted by molar-refractivity contribution is -0.145. The van der Waals surface area contributed by atoms with Crippen molar-refractivity contribution in [1.82, 2.24) is 0 Å². The molecule has 3 rings (SSSR count). The van der Waals surface area contributed by atoms with Gasteiger partial charge in [0.1, 0.15) is 17.6 Å². The fraction of sp³-hybridized carbons (Fsp3) is 0.217. The van der Waals surface area contributed by atoms with E-state index in [-0.39, 0.29) is 28.0 Å². The number of fused-ring (bicyclic) bond motifs is 1. The van der Waals surface area contributed by atoms with Crippen molar-refractivity contribution in [3.63, 3.8) is 0 Å². The maximum atomic E-state index is 13.2. The Morgan fingerprint density at radius 2 is 1.47 bits per heavy atom. The lowest BCUT2D eigenvalue weighted by Gasteiger charge is -2.17. The number of hydrogen-bond donors (Lipinski definition) is 3. The molecule has 3 aromatic rings. The molecule has 178 valence electrons. The molecule has 34 heavy (non-hydrogen) atoms. The van der Waals surface area contributed by atoms with Crippen molar-refractivity contribution < 1.29 is 48.3 Å². The van der Waals surface area contributed by atoms with Crippen molar-refractivity contribution in [3.8, 4) is 28.4 Å². The molecule has 0 fully saturated rings. The van der Waals surface area contributed by atoms with Gasteiger partial charge in [0.15, 0.2) is 30.3 Å². The van der Waals surface area contributed by atoms with Crippen LogP contribution in [0.1, 0.15) is 13.8 Å². The third-order valence-corrected chi connectivity index (χ3v) is 4.67. The van der Waals surface area contributed by atoms with Crippen molar-refractivity contribution in [2.24, 2.45) is 0 Å². The van der Waals surface area contributed by atoms with Crippen molar-refractivity contribution in [2.75, 3.05) is 6.61 Å². The Labute approximate surface area is 191 Å². The van der Waals surface area contributed by atoms with Gasteiger partial charge in [-0.2, -0.15) is 0 Å². The first-order valence-corrected chi connectivity index (χ1v) is 9.90. The molecule has 0 aliphatic heterocycles. The molecule has 1 heterocycles.